The SMILES string of the molecule is CNC[C@H](O)[C@@H](O)[C@H](O)[C@H](O)COC(=O)c1ccc2nc(-c3cc(Cl)cc(Cl)c3)oc2c1.Cl. The summed E-state index contributed by atoms with van der Waals surface area (Å²) < 4.78 is 10.7. The molecule has 0 unspecified atom stereocenters. The molecule has 9 nitrogen and oxygen atoms in total. The van der Waals surface area contributed by atoms with Gasteiger partial charge in [-0.3, -0.25) is 0 Å². The zero-order valence-corrected chi connectivity index (χ0v) is 19.6. The molecule has 0 aliphatic heterocycles. The van der Waals surface area contributed by atoms with Gasteiger partial charge in [-0.1, -0.05) is 23.2 Å². The molecule has 0 fully saturated rings. The minimum absolute atomic E-state index is 0. The van der Waals surface area contributed by atoms with E-state index in [1.807, 2.05) is 0 Å². The molecule has 0 saturated heterocycles. The van der Waals surface area contributed by atoms with E-state index in [1.54, 1.807) is 31.3 Å². The predicted molar refractivity (Wildman–Crippen MR) is 125 cm³/mol. The second-order valence-electron chi connectivity index (χ2n) is 7.13. The molecule has 180 valence electrons. The highest BCUT2D eigenvalue weighted by atomic mass is 35.5. The third-order valence-electron chi connectivity index (χ3n) is 4.67. The molecule has 1 heterocycles. The number of nitrogens with zero attached hydrogens (tertiary/aromatic N) is 1. The lowest BCUT2D eigenvalue weighted by Crippen LogP contribution is -2.49. The summed E-state index contributed by atoms with van der Waals surface area (Å²) in [5.74, 6) is -0.519. The van der Waals surface area contributed by atoms with E-state index in [2.05, 4.69) is 10.3 Å². The molecule has 33 heavy (non-hydrogen) atoms. The van der Waals surface area contributed by atoms with Crippen molar-refractivity contribution in [1.29, 1.82) is 0 Å². The summed E-state index contributed by atoms with van der Waals surface area (Å²) in [6.07, 6.45) is -6.25. The maximum Gasteiger partial charge on any atom is 0.338 e. The number of esters is 1. The summed E-state index contributed by atoms with van der Waals surface area (Å²) in [7, 11) is 1.55. The summed E-state index contributed by atoms with van der Waals surface area (Å²) in [5, 5.41) is 42.9. The van der Waals surface area contributed by atoms with Crippen LogP contribution < -0.4 is 5.32 Å². The largest absolute Gasteiger partial charge is 0.459 e. The van der Waals surface area contributed by atoms with Crippen molar-refractivity contribution < 1.29 is 34.4 Å². The molecule has 0 bridgehead atoms. The molecule has 3 rings (SSSR count). The van der Waals surface area contributed by atoms with Crippen molar-refractivity contribution in [2.24, 2.45) is 0 Å². The highest BCUT2D eigenvalue weighted by molar-refractivity contribution is 6.35. The average molecular weight is 522 g/mol. The topological polar surface area (TPSA) is 145 Å². The lowest BCUT2D eigenvalue weighted by atomic mass is 10.0. The number of likely N-dealkylation sites (N-methyl/N-ethyl adjacent to an activating group) is 1. The average Bonchev–Trinajstić information content (AvgIpc) is 3.19. The first-order chi connectivity index (χ1) is 15.2. The lowest BCUT2D eigenvalue weighted by molar-refractivity contribution is -0.115. The number of rotatable bonds is 9. The number of hydrogen-bond acceptors (Lipinski definition) is 9. The Balaban J connectivity index is 0.00000385. The summed E-state index contributed by atoms with van der Waals surface area (Å²) in [4.78, 5) is 16.7. The van der Waals surface area contributed by atoms with E-state index in [0.29, 0.717) is 26.7 Å². The third kappa shape index (κ3) is 6.78. The Morgan fingerprint density at radius 1 is 1.06 bits per heavy atom. The normalized spacial score (nSPS) is 14.9. The Bertz CT molecular complexity index is 1070. The van der Waals surface area contributed by atoms with Crippen molar-refractivity contribution in [2.45, 2.75) is 24.4 Å². The van der Waals surface area contributed by atoms with Crippen LogP contribution in [0, 0.1) is 0 Å². The van der Waals surface area contributed by atoms with Gasteiger partial charge >= 0.3 is 5.97 Å². The van der Waals surface area contributed by atoms with Gasteiger partial charge in [0.05, 0.1) is 11.7 Å². The van der Waals surface area contributed by atoms with E-state index in [4.69, 9.17) is 32.4 Å². The summed E-state index contributed by atoms with van der Waals surface area (Å²) >= 11 is 12.0. The molecule has 5 N–H and O–H groups in total. The fourth-order valence-corrected chi connectivity index (χ4v) is 3.51. The Morgan fingerprint density at radius 3 is 2.33 bits per heavy atom. The predicted octanol–water partition coefficient (Wildman–Crippen LogP) is 2.04. The second kappa shape index (κ2) is 12.0. The number of oxazole rings is 1. The highest BCUT2D eigenvalue weighted by Gasteiger charge is 2.31. The molecule has 1 aromatic heterocycles. The molecule has 12 heteroatoms. The van der Waals surface area contributed by atoms with E-state index in [-0.39, 0.29) is 30.4 Å². The minimum Gasteiger partial charge on any atom is -0.459 e. The molecule has 0 aliphatic carbocycles. The standard InChI is InChI=1S/C21H22Cl2N2O7.ClH/c1-24-8-15(26)18(28)19(29)16(27)9-31-21(30)10-2-3-14-17(6-10)32-20(25-14)11-4-12(22)7-13(23)5-11;/h2-7,15-16,18-19,24,26-29H,8-9H2,1H3;1H/t15-,16+,18+,19+;/m0./s1. The van der Waals surface area contributed by atoms with Crippen LogP contribution in [0.2, 0.25) is 10.0 Å². The molecule has 3 aromatic rings. The minimum atomic E-state index is -1.71. The first kappa shape index (κ1) is 27.3. The molecule has 0 radical (unpaired) electrons. The van der Waals surface area contributed by atoms with Crippen LogP contribution in [0.1, 0.15) is 10.4 Å². The summed E-state index contributed by atoms with van der Waals surface area (Å²) in [5.41, 5.74) is 1.50. The zero-order valence-electron chi connectivity index (χ0n) is 17.3. The maximum absolute atomic E-state index is 12.4. The van der Waals surface area contributed by atoms with Gasteiger partial charge in [0.2, 0.25) is 5.89 Å². The molecular formula is C21H23Cl3N2O7. The van der Waals surface area contributed by atoms with Crippen molar-refractivity contribution >= 4 is 52.7 Å². The lowest BCUT2D eigenvalue weighted by Gasteiger charge is -2.26. The van der Waals surface area contributed by atoms with E-state index in [9.17, 15) is 25.2 Å². The monoisotopic (exact) mass is 520 g/mol. The van der Waals surface area contributed by atoms with Gasteiger partial charge in [-0.2, -0.15) is 0 Å². The number of nitrogens with one attached hydrogen (secondary N) is 1. The van der Waals surface area contributed by atoms with Crippen molar-refractivity contribution in [1.82, 2.24) is 10.3 Å². The smallest absolute Gasteiger partial charge is 0.338 e. The van der Waals surface area contributed by atoms with Gasteiger partial charge in [-0.05, 0) is 43.4 Å². The number of carbonyl (C=O) groups is 1. The number of aromatic nitrogens is 1. The highest BCUT2D eigenvalue weighted by Crippen LogP contribution is 2.29. The Kier molecular flexibility index (Phi) is 9.89. The van der Waals surface area contributed by atoms with E-state index < -0.39 is 37.0 Å². The van der Waals surface area contributed by atoms with Gasteiger partial charge in [0, 0.05) is 22.2 Å². The van der Waals surface area contributed by atoms with E-state index >= 15 is 0 Å². The van der Waals surface area contributed by atoms with Gasteiger partial charge in [-0.15, -0.1) is 12.4 Å². The fourth-order valence-electron chi connectivity index (χ4n) is 2.98. The van der Waals surface area contributed by atoms with Gasteiger partial charge in [0.1, 0.15) is 30.4 Å². The summed E-state index contributed by atoms with van der Waals surface area (Å²) in [6, 6.07) is 9.32. The molecule has 0 spiro atoms. The van der Waals surface area contributed by atoms with E-state index in [1.165, 1.54) is 12.1 Å². The number of halogens is 3. The number of aliphatic hydroxyl groups is 4. The van der Waals surface area contributed by atoms with Crippen LogP contribution in [0.4, 0.5) is 0 Å². The first-order valence-electron chi connectivity index (χ1n) is 9.60. The number of fused-ring (bicyclic) bond motifs is 1. The van der Waals surface area contributed by atoms with Crippen LogP contribution in [0.25, 0.3) is 22.6 Å². The van der Waals surface area contributed by atoms with Crippen LogP contribution in [-0.4, -0.2) is 76.0 Å². The summed E-state index contributed by atoms with van der Waals surface area (Å²) in [6.45, 7) is -0.588. The number of hydrogen-bond donors (Lipinski definition) is 5. The van der Waals surface area contributed by atoms with Crippen molar-refractivity contribution in [2.75, 3.05) is 20.2 Å². The van der Waals surface area contributed by atoms with Crippen molar-refractivity contribution in [3.63, 3.8) is 0 Å². The molecule has 0 aliphatic rings. The quantitative estimate of drug-likeness (QED) is 0.267. The Labute approximate surface area is 205 Å². The zero-order chi connectivity index (χ0) is 23.4. The third-order valence-corrected chi connectivity index (χ3v) is 5.11. The fraction of sp³-hybridized carbons (Fsp3) is 0.333. The van der Waals surface area contributed by atoms with Crippen molar-refractivity contribution in [3.05, 3.63) is 52.0 Å². The van der Waals surface area contributed by atoms with Gasteiger partial charge in [0.25, 0.3) is 0 Å². The van der Waals surface area contributed by atoms with Crippen LogP contribution in [-0.2, 0) is 4.74 Å². The molecule has 2 aromatic carbocycles. The van der Waals surface area contributed by atoms with Crippen molar-refractivity contribution in [3.8, 4) is 11.5 Å². The molecular weight excluding hydrogens is 499 g/mol. The first-order valence-corrected chi connectivity index (χ1v) is 10.4. The maximum atomic E-state index is 12.4. The van der Waals surface area contributed by atoms with E-state index in [0.717, 1.165) is 0 Å². The number of carbonyl (C=O) groups excluding carboxylic acids is 1. The van der Waals surface area contributed by atoms with Gasteiger partial charge < -0.3 is 34.9 Å². The van der Waals surface area contributed by atoms with Crippen LogP contribution in [0.15, 0.2) is 40.8 Å². The number of benzene rings is 2. The molecule has 0 saturated carbocycles. The Morgan fingerprint density at radius 2 is 1.70 bits per heavy atom. The van der Waals surface area contributed by atoms with Crippen LogP contribution >= 0.6 is 35.6 Å². The number of ether oxygens (including phenoxy) is 1. The Hall–Kier alpha value is -1.95. The second-order valence-corrected chi connectivity index (χ2v) is 8.00. The van der Waals surface area contributed by atoms with Crippen LogP contribution in [0.3, 0.4) is 0 Å². The van der Waals surface area contributed by atoms with Crippen LogP contribution in [0.5, 0.6) is 0 Å². The van der Waals surface area contributed by atoms with Gasteiger partial charge in [0.15, 0.2) is 5.58 Å². The molecule has 4 atom stereocenters. The number of aliphatic hydroxyl groups excluding tert-OH is 4. The van der Waals surface area contributed by atoms with Gasteiger partial charge in [-0.25, -0.2) is 9.78 Å². The molecule has 0 amide bonds.